The number of anilines is 1. The van der Waals surface area contributed by atoms with Gasteiger partial charge >= 0.3 is 6.18 Å². The second-order valence-corrected chi connectivity index (χ2v) is 5.58. The van der Waals surface area contributed by atoms with Crippen LogP contribution in [0.4, 0.5) is 18.9 Å². The average Bonchev–Trinajstić information content (AvgIpc) is 3.05. The van der Waals surface area contributed by atoms with Gasteiger partial charge in [0.15, 0.2) is 0 Å². The van der Waals surface area contributed by atoms with Crippen molar-refractivity contribution in [2.24, 2.45) is 0 Å². The number of alkyl halides is 3. The summed E-state index contributed by atoms with van der Waals surface area (Å²) in [4.78, 5) is 12.2. The largest absolute Gasteiger partial charge is 0.418 e. The highest BCUT2D eigenvalue weighted by Crippen LogP contribution is 2.34. The zero-order chi connectivity index (χ0) is 18.0. The van der Waals surface area contributed by atoms with Crippen LogP contribution in [0.5, 0.6) is 0 Å². The Bertz CT molecular complexity index is 904. The third-order valence-electron chi connectivity index (χ3n) is 3.42. The zero-order valence-corrected chi connectivity index (χ0v) is 13.3. The number of nitrogens with one attached hydrogen (secondary N) is 1. The summed E-state index contributed by atoms with van der Waals surface area (Å²) in [5, 5.41) is 6.87. The molecule has 0 fully saturated rings. The van der Waals surface area contributed by atoms with Crippen molar-refractivity contribution in [2.75, 3.05) is 5.32 Å². The molecule has 0 saturated carbocycles. The third kappa shape index (κ3) is 3.83. The molecule has 25 heavy (non-hydrogen) atoms. The summed E-state index contributed by atoms with van der Waals surface area (Å²) >= 11 is 5.81. The van der Waals surface area contributed by atoms with Crippen molar-refractivity contribution in [3.8, 4) is 5.69 Å². The normalized spacial score (nSPS) is 11.4. The summed E-state index contributed by atoms with van der Waals surface area (Å²) in [6.07, 6.45) is -1.85. The van der Waals surface area contributed by atoms with Gasteiger partial charge in [0.05, 0.1) is 28.7 Å². The number of halogens is 4. The van der Waals surface area contributed by atoms with Gasteiger partial charge in [0.25, 0.3) is 5.91 Å². The molecule has 3 rings (SSSR count). The van der Waals surface area contributed by atoms with Gasteiger partial charge in [-0.3, -0.25) is 4.79 Å². The molecule has 0 aliphatic heterocycles. The van der Waals surface area contributed by atoms with Gasteiger partial charge in [0, 0.05) is 11.2 Å². The number of hydrogen-bond donors (Lipinski definition) is 1. The Morgan fingerprint density at radius 3 is 2.44 bits per heavy atom. The number of hydrogen-bond acceptors (Lipinski definition) is 2. The van der Waals surface area contributed by atoms with Gasteiger partial charge in [0.2, 0.25) is 0 Å². The third-order valence-corrected chi connectivity index (χ3v) is 3.67. The maximum Gasteiger partial charge on any atom is 0.418 e. The molecule has 0 spiro atoms. The van der Waals surface area contributed by atoms with Gasteiger partial charge in [-0.2, -0.15) is 18.3 Å². The number of para-hydroxylation sites is 1. The number of nitrogens with zero attached hydrogens (tertiary/aromatic N) is 2. The van der Waals surface area contributed by atoms with Crippen molar-refractivity contribution in [1.82, 2.24) is 9.78 Å². The smallest absolute Gasteiger partial charge is 0.321 e. The Morgan fingerprint density at radius 1 is 1.08 bits per heavy atom. The van der Waals surface area contributed by atoms with Gasteiger partial charge in [-0.05, 0) is 36.4 Å². The summed E-state index contributed by atoms with van der Waals surface area (Å²) in [6.45, 7) is 0. The Kier molecular flexibility index (Phi) is 4.50. The predicted molar refractivity (Wildman–Crippen MR) is 88.0 cm³/mol. The molecule has 1 N–H and O–H groups in total. The summed E-state index contributed by atoms with van der Waals surface area (Å²) in [6, 6.07) is 11.5. The maximum absolute atomic E-state index is 13.0. The Morgan fingerprint density at radius 2 is 1.76 bits per heavy atom. The zero-order valence-electron chi connectivity index (χ0n) is 12.6. The van der Waals surface area contributed by atoms with Gasteiger partial charge < -0.3 is 5.32 Å². The minimum absolute atomic E-state index is 0.131. The number of aromatic nitrogens is 2. The molecule has 128 valence electrons. The molecular weight excluding hydrogens is 355 g/mol. The lowest BCUT2D eigenvalue weighted by Gasteiger charge is -2.12. The van der Waals surface area contributed by atoms with Crippen LogP contribution >= 0.6 is 11.6 Å². The minimum Gasteiger partial charge on any atom is -0.321 e. The second-order valence-electron chi connectivity index (χ2n) is 5.15. The number of carbonyl (C=O) groups is 1. The Hall–Kier alpha value is -2.80. The van der Waals surface area contributed by atoms with Crippen LogP contribution in [-0.4, -0.2) is 15.7 Å². The van der Waals surface area contributed by atoms with E-state index in [1.165, 1.54) is 35.3 Å². The van der Waals surface area contributed by atoms with E-state index in [1.54, 1.807) is 24.3 Å². The van der Waals surface area contributed by atoms with Crippen LogP contribution in [0.3, 0.4) is 0 Å². The molecule has 0 aliphatic carbocycles. The second kappa shape index (κ2) is 6.60. The lowest BCUT2D eigenvalue weighted by Crippen LogP contribution is -2.16. The van der Waals surface area contributed by atoms with E-state index in [0.717, 1.165) is 6.07 Å². The van der Waals surface area contributed by atoms with E-state index in [2.05, 4.69) is 10.4 Å². The summed E-state index contributed by atoms with van der Waals surface area (Å²) in [5.41, 5.74) is -0.418. The molecule has 1 aromatic heterocycles. The summed E-state index contributed by atoms with van der Waals surface area (Å²) in [5.74, 6) is -0.683. The van der Waals surface area contributed by atoms with E-state index < -0.39 is 17.6 Å². The van der Waals surface area contributed by atoms with Crippen LogP contribution in [0, 0.1) is 0 Å². The van der Waals surface area contributed by atoms with Crippen molar-refractivity contribution >= 4 is 23.2 Å². The van der Waals surface area contributed by atoms with E-state index in [4.69, 9.17) is 11.6 Å². The van der Waals surface area contributed by atoms with Crippen molar-refractivity contribution < 1.29 is 18.0 Å². The fourth-order valence-corrected chi connectivity index (χ4v) is 2.33. The van der Waals surface area contributed by atoms with Gasteiger partial charge in [-0.25, -0.2) is 4.68 Å². The highest BCUT2D eigenvalue weighted by molar-refractivity contribution is 6.30. The van der Waals surface area contributed by atoms with E-state index in [-0.39, 0.29) is 11.3 Å². The first-order valence-corrected chi connectivity index (χ1v) is 7.50. The van der Waals surface area contributed by atoms with Gasteiger partial charge in [-0.15, -0.1) is 0 Å². The van der Waals surface area contributed by atoms with Crippen molar-refractivity contribution in [3.63, 3.8) is 0 Å². The van der Waals surface area contributed by atoms with Crippen LogP contribution < -0.4 is 5.32 Å². The topological polar surface area (TPSA) is 46.9 Å². The molecule has 4 nitrogen and oxygen atoms in total. The van der Waals surface area contributed by atoms with Crippen molar-refractivity contribution in [2.45, 2.75) is 6.18 Å². The fourth-order valence-electron chi connectivity index (χ4n) is 2.21. The van der Waals surface area contributed by atoms with Crippen molar-refractivity contribution in [1.29, 1.82) is 0 Å². The molecule has 3 aromatic rings. The van der Waals surface area contributed by atoms with Crippen LogP contribution in [0.15, 0.2) is 60.9 Å². The lowest BCUT2D eigenvalue weighted by atomic mass is 10.1. The summed E-state index contributed by atoms with van der Waals surface area (Å²) < 4.78 is 40.4. The quantitative estimate of drug-likeness (QED) is 0.725. The molecule has 1 amide bonds. The summed E-state index contributed by atoms with van der Waals surface area (Å²) in [7, 11) is 0. The van der Waals surface area contributed by atoms with Crippen LogP contribution in [0.25, 0.3) is 5.69 Å². The van der Waals surface area contributed by atoms with E-state index in [1.807, 2.05) is 0 Å². The van der Waals surface area contributed by atoms with Crippen molar-refractivity contribution in [3.05, 3.63) is 77.1 Å². The number of benzene rings is 2. The standard InChI is InChI=1S/C17H11ClF3N3O/c18-12-5-7-13(8-6-12)24-10-11(9-22-24)16(25)23-15-4-2-1-3-14(15)17(19,20)21/h1-10H,(H,23,25). The lowest BCUT2D eigenvalue weighted by molar-refractivity contribution is -0.136. The molecule has 2 aromatic carbocycles. The van der Waals surface area contributed by atoms with Crippen LogP contribution in [0.2, 0.25) is 5.02 Å². The van der Waals surface area contributed by atoms with E-state index >= 15 is 0 Å². The molecule has 0 saturated heterocycles. The molecule has 0 bridgehead atoms. The predicted octanol–water partition coefficient (Wildman–Crippen LogP) is 4.80. The van der Waals surface area contributed by atoms with Crippen LogP contribution in [-0.2, 0) is 6.18 Å². The maximum atomic E-state index is 13.0. The van der Waals surface area contributed by atoms with E-state index in [9.17, 15) is 18.0 Å². The minimum atomic E-state index is -4.56. The van der Waals surface area contributed by atoms with Gasteiger partial charge in [-0.1, -0.05) is 23.7 Å². The van der Waals surface area contributed by atoms with E-state index in [0.29, 0.717) is 10.7 Å². The number of amides is 1. The molecule has 0 atom stereocenters. The Balaban J connectivity index is 1.83. The first kappa shape index (κ1) is 17.0. The molecule has 0 aliphatic rings. The average molecular weight is 366 g/mol. The monoisotopic (exact) mass is 365 g/mol. The SMILES string of the molecule is O=C(Nc1ccccc1C(F)(F)F)c1cnn(-c2ccc(Cl)cc2)c1. The number of rotatable bonds is 3. The molecule has 8 heteroatoms. The number of carbonyl (C=O) groups excluding carboxylic acids is 1. The fraction of sp³-hybridized carbons (Fsp3) is 0.0588. The van der Waals surface area contributed by atoms with Gasteiger partial charge in [0.1, 0.15) is 0 Å². The highest BCUT2D eigenvalue weighted by atomic mass is 35.5. The molecule has 0 unspecified atom stereocenters. The first-order chi connectivity index (χ1) is 11.8. The van der Waals surface area contributed by atoms with Crippen LogP contribution in [0.1, 0.15) is 15.9 Å². The first-order valence-electron chi connectivity index (χ1n) is 7.13. The molecule has 1 heterocycles. The molecule has 0 radical (unpaired) electrons. The highest BCUT2D eigenvalue weighted by Gasteiger charge is 2.33. The Labute approximate surface area is 145 Å². The molecular formula is C17H11ClF3N3O.